The van der Waals surface area contributed by atoms with Gasteiger partial charge >= 0.3 is 0 Å². The van der Waals surface area contributed by atoms with Crippen molar-refractivity contribution in [3.8, 4) is 5.82 Å². The number of rotatable bonds is 5. The monoisotopic (exact) mass is 234 g/mol. The zero-order valence-corrected chi connectivity index (χ0v) is 10.5. The molecule has 2 heterocycles. The van der Waals surface area contributed by atoms with Crippen molar-refractivity contribution < 1.29 is 0 Å². The molecular formula is C11H18N6. The summed E-state index contributed by atoms with van der Waals surface area (Å²) in [6, 6.07) is 2.30. The maximum Gasteiger partial charge on any atom is 0.177 e. The molecule has 0 aliphatic rings. The Labute approximate surface area is 101 Å². The molecule has 0 spiro atoms. The number of nitrogens with one attached hydrogen (secondary N) is 1. The van der Waals surface area contributed by atoms with Crippen molar-refractivity contribution in [1.82, 2.24) is 30.1 Å². The highest BCUT2D eigenvalue weighted by atomic mass is 15.5. The molecule has 92 valence electrons. The normalized spacial score (nSPS) is 11.3. The summed E-state index contributed by atoms with van der Waals surface area (Å²) in [4.78, 5) is 0. The Hall–Kier alpha value is -1.69. The Bertz CT molecular complexity index is 470. The highest BCUT2D eigenvalue weighted by molar-refractivity contribution is 5.21. The predicted octanol–water partition coefficient (Wildman–Crippen LogP) is 1.15. The van der Waals surface area contributed by atoms with E-state index < -0.39 is 0 Å². The van der Waals surface area contributed by atoms with Gasteiger partial charge in [0, 0.05) is 24.8 Å². The molecule has 0 saturated heterocycles. The minimum Gasteiger partial charge on any atom is -0.311 e. The molecule has 2 aromatic heterocycles. The summed E-state index contributed by atoms with van der Waals surface area (Å²) in [6.45, 7) is 7.93. The third-order valence-corrected chi connectivity index (χ3v) is 2.52. The van der Waals surface area contributed by atoms with Crippen LogP contribution in [-0.4, -0.2) is 31.3 Å². The quantitative estimate of drug-likeness (QED) is 0.843. The summed E-state index contributed by atoms with van der Waals surface area (Å²) in [5.74, 6) is 0.809. The molecule has 0 aromatic carbocycles. The van der Waals surface area contributed by atoms with E-state index in [1.807, 2.05) is 16.9 Å². The van der Waals surface area contributed by atoms with Gasteiger partial charge in [-0.15, -0.1) is 5.10 Å². The van der Waals surface area contributed by atoms with E-state index in [2.05, 4.69) is 41.5 Å². The van der Waals surface area contributed by atoms with E-state index in [1.54, 1.807) is 10.9 Å². The summed E-state index contributed by atoms with van der Waals surface area (Å²) in [5.41, 5.74) is 1.01. The lowest BCUT2D eigenvalue weighted by atomic mass is 10.4. The van der Waals surface area contributed by atoms with Crippen LogP contribution in [0.25, 0.3) is 5.82 Å². The molecule has 0 amide bonds. The number of hydrogen-bond donors (Lipinski definition) is 1. The van der Waals surface area contributed by atoms with Crippen LogP contribution < -0.4 is 5.32 Å². The first-order valence-electron chi connectivity index (χ1n) is 5.88. The third kappa shape index (κ3) is 2.52. The molecule has 0 aliphatic carbocycles. The predicted molar refractivity (Wildman–Crippen MR) is 64.9 cm³/mol. The fraction of sp³-hybridized carbons (Fsp3) is 0.545. The molecule has 2 aromatic rings. The SMILES string of the molecule is CCNCc1cnnn1-c1ccn(C(C)C)n1. The van der Waals surface area contributed by atoms with Gasteiger partial charge in [0.1, 0.15) is 0 Å². The zero-order valence-electron chi connectivity index (χ0n) is 10.5. The van der Waals surface area contributed by atoms with E-state index >= 15 is 0 Å². The molecule has 6 nitrogen and oxygen atoms in total. The molecule has 0 aliphatic heterocycles. The fourth-order valence-corrected chi connectivity index (χ4v) is 1.55. The smallest absolute Gasteiger partial charge is 0.177 e. The van der Waals surface area contributed by atoms with Crippen LogP contribution in [-0.2, 0) is 6.54 Å². The summed E-state index contributed by atoms with van der Waals surface area (Å²) < 4.78 is 3.68. The minimum absolute atomic E-state index is 0.351. The molecule has 17 heavy (non-hydrogen) atoms. The standard InChI is InChI=1S/C11H18N6/c1-4-12-7-10-8-13-15-17(10)11-5-6-16(14-11)9(2)3/h5-6,8-9,12H,4,7H2,1-3H3. The van der Waals surface area contributed by atoms with Crippen LogP contribution in [0.3, 0.4) is 0 Å². The van der Waals surface area contributed by atoms with Crippen LogP contribution in [0.5, 0.6) is 0 Å². The summed E-state index contributed by atoms with van der Waals surface area (Å²) in [6.07, 6.45) is 3.72. The molecule has 1 N–H and O–H groups in total. The topological polar surface area (TPSA) is 60.6 Å². The van der Waals surface area contributed by atoms with Crippen LogP contribution in [0.4, 0.5) is 0 Å². The first kappa shape index (κ1) is 11.8. The summed E-state index contributed by atoms with van der Waals surface area (Å²) in [5, 5.41) is 15.7. The number of hydrogen-bond acceptors (Lipinski definition) is 4. The van der Waals surface area contributed by atoms with E-state index in [0.717, 1.165) is 24.6 Å². The van der Waals surface area contributed by atoms with Crippen molar-refractivity contribution in [1.29, 1.82) is 0 Å². The van der Waals surface area contributed by atoms with E-state index in [1.165, 1.54) is 0 Å². The van der Waals surface area contributed by atoms with Crippen molar-refractivity contribution >= 4 is 0 Å². The Morgan fingerprint density at radius 3 is 2.88 bits per heavy atom. The number of aromatic nitrogens is 5. The van der Waals surface area contributed by atoms with Gasteiger partial charge < -0.3 is 5.32 Å². The molecule has 6 heteroatoms. The average Bonchev–Trinajstić information content (AvgIpc) is 2.94. The van der Waals surface area contributed by atoms with E-state index in [9.17, 15) is 0 Å². The van der Waals surface area contributed by atoms with Gasteiger partial charge in [-0.1, -0.05) is 12.1 Å². The van der Waals surface area contributed by atoms with Gasteiger partial charge in [0.15, 0.2) is 5.82 Å². The van der Waals surface area contributed by atoms with Crippen LogP contribution in [0.2, 0.25) is 0 Å². The second-order valence-electron chi connectivity index (χ2n) is 4.17. The average molecular weight is 234 g/mol. The Kier molecular flexibility index (Phi) is 3.53. The van der Waals surface area contributed by atoms with Gasteiger partial charge in [0.05, 0.1) is 11.9 Å². The Balaban J connectivity index is 2.23. The maximum absolute atomic E-state index is 4.47. The number of nitrogens with zero attached hydrogens (tertiary/aromatic N) is 5. The Morgan fingerprint density at radius 2 is 2.24 bits per heavy atom. The van der Waals surface area contributed by atoms with Crippen molar-refractivity contribution in [2.24, 2.45) is 0 Å². The van der Waals surface area contributed by atoms with Gasteiger partial charge in [-0.3, -0.25) is 4.68 Å². The largest absolute Gasteiger partial charge is 0.311 e. The molecule has 0 unspecified atom stereocenters. The molecule has 0 saturated carbocycles. The van der Waals surface area contributed by atoms with Crippen molar-refractivity contribution in [3.05, 3.63) is 24.2 Å². The second kappa shape index (κ2) is 5.09. The van der Waals surface area contributed by atoms with Crippen molar-refractivity contribution in [3.63, 3.8) is 0 Å². The highest BCUT2D eigenvalue weighted by Gasteiger charge is 2.09. The van der Waals surface area contributed by atoms with Crippen molar-refractivity contribution in [2.45, 2.75) is 33.4 Å². The molecule has 0 bridgehead atoms. The lowest BCUT2D eigenvalue weighted by Crippen LogP contribution is -2.15. The minimum atomic E-state index is 0.351. The van der Waals surface area contributed by atoms with E-state index in [-0.39, 0.29) is 0 Å². The van der Waals surface area contributed by atoms with Crippen molar-refractivity contribution in [2.75, 3.05) is 6.54 Å². The molecule has 0 atom stereocenters. The highest BCUT2D eigenvalue weighted by Crippen LogP contribution is 2.09. The van der Waals surface area contributed by atoms with Gasteiger partial charge in [-0.2, -0.15) is 9.78 Å². The fourth-order valence-electron chi connectivity index (χ4n) is 1.55. The molecule has 2 rings (SSSR count). The molecular weight excluding hydrogens is 216 g/mol. The van der Waals surface area contributed by atoms with Gasteiger partial charge in [-0.25, -0.2) is 0 Å². The zero-order chi connectivity index (χ0) is 12.3. The lowest BCUT2D eigenvalue weighted by molar-refractivity contribution is 0.525. The second-order valence-corrected chi connectivity index (χ2v) is 4.17. The molecule has 0 radical (unpaired) electrons. The summed E-state index contributed by atoms with van der Waals surface area (Å²) in [7, 11) is 0. The van der Waals surface area contributed by atoms with Crippen LogP contribution in [0.15, 0.2) is 18.5 Å². The first-order valence-corrected chi connectivity index (χ1v) is 5.88. The van der Waals surface area contributed by atoms with Gasteiger partial charge in [0.25, 0.3) is 0 Å². The maximum atomic E-state index is 4.47. The van der Waals surface area contributed by atoms with E-state index in [0.29, 0.717) is 6.04 Å². The van der Waals surface area contributed by atoms with Crippen LogP contribution in [0.1, 0.15) is 32.5 Å². The van der Waals surface area contributed by atoms with Crippen LogP contribution >= 0.6 is 0 Å². The van der Waals surface area contributed by atoms with Crippen LogP contribution in [0, 0.1) is 0 Å². The first-order chi connectivity index (χ1) is 8.22. The van der Waals surface area contributed by atoms with E-state index in [4.69, 9.17) is 0 Å². The molecule has 0 fully saturated rings. The lowest BCUT2D eigenvalue weighted by Gasteiger charge is -2.05. The third-order valence-electron chi connectivity index (χ3n) is 2.52. The van der Waals surface area contributed by atoms with Gasteiger partial charge in [0.2, 0.25) is 0 Å². The Morgan fingerprint density at radius 1 is 1.41 bits per heavy atom. The summed E-state index contributed by atoms with van der Waals surface area (Å²) >= 11 is 0. The van der Waals surface area contributed by atoms with Gasteiger partial charge in [-0.05, 0) is 20.4 Å².